The van der Waals surface area contributed by atoms with Crippen LogP contribution in [0.1, 0.15) is 31.8 Å². The van der Waals surface area contributed by atoms with Crippen molar-refractivity contribution in [3.05, 3.63) is 71.6 Å². The summed E-state index contributed by atoms with van der Waals surface area (Å²) in [6.07, 6.45) is 0. The Morgan fingerprint density at radius 1 is 0.857 bits per heavy atom. The van der Waals surface area contributed by atoms with Crippen molar-refractivity contribution in [2.75, 3.05) is 0 Å². The molecule has 0 heterocycles. The molecule has 1 aliphatic carbocycles. The maximum Gasteiger partial charge on any atom is 0.281 e. The number of hydrogen-bond acceptors (Lipinski definition) is 4. The van der Waals surface area contributed by atoms with Gasteiger partial charge >= 0.3 is 0 Å². The van der Waals surface area contributed by atoms with E-state index in [0.29, 0.717) is 8.95 Å². The third-order valence-electron chi connectivity index (χ3n) is 3.27. The van der Waals surface area contributed by atoms with Crippen LogP contribution in [0.2, 0.25) is 0 Å². The van der Waals surface area contributed by atoms with Crippen LogP contribution < -0.4 is 0 Å². The number of nitro benzene ring substituents is 1. The van der Waals surface area contributed by atoms with Crippen molar-refractivity contribution < 1.29 is 14.5 Å². The van der Waals surface area contributed by atoms with E-state index < -0.39 is 16.5 Å². The second-order valence-electron chi connectivity index (χ2n) is 4.39. The highest BCUT2D eigenvalue weighted by molar-refractivity contribution is 9.11. The van der Waals surface area contributed by atoms with Gasteiger partial charge in [0, 0.05) is 31.7 Å². The summed E-state index contributed by atoms with van der Waals surface area (Å²) in [6.45, 7) is 0. The smallest absolute Gasteiger partial charge is 0.281 e. The van der Waals surface area contributed by atoms with E-state index in [1.165, 1.54) is 18.2 Å². The maximum atomic E-state index is 12.6. The highest BCUT2D eigenvalue weighted by Crippen LogP contribution is 2.38. The lowest BCUT2D eigenvalue weighted by atomic mass is 9.83. The predicted octanol–water partition coefficient (Wildman–Crippen LogP) is 3.90. The van der Waals surface area contributed by atoms with Gasteiger partial charge in [0.15, 0.2) is 5.78 Å². The van der Waals surface area contributed by atoms with Gasteiger partial charge in [0.05, 0.1) is 4.92 Å². The molecular formula is C14H5Br2NO4. The van der Waals surface area contributed by atoms with E-state index in [9.17, 15) is 19.7 Å². The summed E-state index contributed by atoms with van der Waals surface area (Å²) in [6, 6.07) is 7.32. The Hall–Kier alpha value is -1.86. The Kier molecular flexibility index (Phi) is 3.26. The van der Waals surface area contributed by atoms with Crippen molar-refractivity contribution in [2.45, 2.75) is 0 Å². The van der Waals surface area contributed by atoms with E-state index in [1.54, 1.807) is 12.1 Å². The van der Waals surface area contributed by atoms with E-state index >= 15 is 0 Å². The first-order valence-corrected chi connectivity index (χ1v) is 7.37. The minimum atomic E-state index is -0.652. The Labute approximate surface area is 135 Å². The SMILES string of the molecule is O=C1c2cccc([N+](=O)[O-])c2C(=O)c2c(Br)ccc(Br)c21. The van der Waals surface area contributed by atoms with E-state index in [1.807, 2.05) is 0 Å². The molecule has 21 heavy (non-hydrogen) atoms. The molecular weight excluding hydrogens is 406 g/mol. The summed E-state index contributed by atoms with van der Waals surface area (Å²) in [5, 5.41) is 11.1. The molecule has 0 bridgehead atoms. The van der Waals surface area contributed by atoms with Crippen LogP contribution in [-0.4, -0.2) is 16.5 Å². The topological polar surface area (TPSA) is 77.3 Å². The van der Waals surface area contributed by atoms with Crippen molar-refractivity contribution in [3.63, 3.8) is 0 Å². The van der Waals surface area contributed by atoms with Crippen LogP contribution in [0.15, 0.2) is 39.3 Å². The summed E-state index contributed by atoms with van der Waals surface area (Å²) in [7, 11) is 0. The fraction of sp³-hybridized carbons (Fsp3) is 0. The Morgan fingerprint density at radius 3 is 2.00 bits per heavy atom. The Bertz CT molecular complexity index is 845. The third kappa shape index (κ3) is 1.96. The summed E-state index contributed by atoms with van der Waals surface area (Å²) in [4.78, 5) is 35.7. The highest BCUT2D eigenvalue weighted by atomic mass is 79.9. The summed E-state index contributed by atoms with van der Waals surface area (Å²) in [5.74, 6) is -0.934. The second kappa shape index (κ2) is 4.85. The summed E-state index contributed by atoms with van der Waals surface area (Å²) in [5.41, 5.74) is -0.0822. The average molecular weight is 411 g/mol. The second-order valence-corrected chi connectivity index (χ2v) is 6.10. The van der Waals surface area contributed by atoms with Gasteiger partial charge in [0.25, 0.3) is 5.69 Å². The fourth-order valence-corrected chi connectivity index (χ4v) is 3.40. The average Bonchev–Trinajstić information content (AvgIpc) is 2.46. The first-order chi connectivity index (χ1) is 9.93. The molecule has 0 fully saturated rings. The Balaban J connectivity index is 2.42. The van der Waals surface area contributed by atoms with Gasteiger partial charge in [-0.15, -0.1) is 0 Å². The van der Waals surface area contributed by atoms with Crippen molar-refractivity contribution >= 4 is 49.1 Å². The largest absolute Gasteiger partial charge is 0.289 e. The van der Waals surface area contributed by atoms with Crippen molar-refractivity contribution in [2.24, 2.45) is 0 Å². The number of nitro groups is 1. The number of benzene rings is 2. The van der Waals surface area contributed by atoms with E-state index in [2.05, 4.69) is 31.9 Å². The molecule has 0 radical (unpaired) electrons. The molecule has 0 saturated heterocycles. The van der Waals surface area contributed by atoms with Gasteiger partial charge in [-0.1, -0.05) is 37.9 Å². The van der Waals surface area contributed by atoms with Crippen LogP contribution in [0, 0.1) is 10.1 Å². The van der Waals surface area contributed by atoms with Gasteiger partial charge in [-0.05, 0) is 18.2 Å². The van der Waals surface area contributed by atoms with E-state index in [4.69, 9.17) is 0 Å². The third-order valence-corrected chi connectivity index (χ3v) is 4.59. The standard InChI is InChI=1S/C14H5Br2NO4/c15-7-4-5-8(16)12-11(7)13(18)6-2-1-3-9(17(20)21)10(6)14(12)19/h1-5H. The fourth-order valence-electron chi connectivity index (χ4n) is 2.38. The molecule has 5 nitrogen and oxygen atoms in total. The number of carbonyl (C=O) groups excluding carboxylic acids is 2. The molecule has 0 N–H and O–H groups in total. The molecule has 0 aliphatic heterocycles. The van der Waals surface area contributed by atoms with Crippen LogP contribution in [0.3, 0.4) is 0 Å². The highest BCUT2D eigenvalue weighted by Gasteiger charge is 2.37. The number of hydrogen-bond donors (Lipinski definition) is 0. The number of rotatable bonds is 1. The van der Waals surface area contributed by atoms with Crippen molar-refractivity contribution in [1.82, 2.24) is 0 Å². The van der Waals surface area contributed by atoms with Crippen LogP contribution in [0.5, 0.6) is 0 Å². The van der Waals surface area contributed by atoms with Crippen LogP contribution >= 0.6 is 31.9 Å². The molecule has 104 valence electrons. The lowest BCUT2D eigenvalue weighted by molar-refractivity contribution is -0.385. The number of halogens is 2. The molecule has 2 aromatic rings. The molecule has 0 spiro atoms. The maximum absolute atomic E-state index is 12.6. The quantitative estimate of drug-likeness (QED) is 0.450. The molecule has 1 aliphatic rings. The normalized spacial score (nSPS) is 12.9. The minimum absolute atomic E-state index is 0.0560. The zero-order valence-electron chi connectivity index (χ0n) is 10.2. The first kappa shape index (κ1) is 14.1. The zero-order valence-corrected chi connectivity index (χ0v) is 13.4. The van der Waals surface area contributed by atoms with Crippen LogP contribution in [0.4, 0.5) is 5.69 Å². The van der Waals surface area contributed by atoms with Gasteiger partial charge in [0.2, 0.25) is 5.78 Å². The number of fused-ring (bicyclic) bond motifs is 2. The lowest BCUT2D eigenvalue weighted by Crippen LogP contribution is -2.23. The van der Waals surface area contributed by atoms with Crippen LogP contribution in [0.25, 0.3) is 0 Å². The minimum Gasteiger partial charge on any atom is -0.289 e. The van der Waals surface area contributed by atoms with Gasteiger partial charge in [0.1, 0.15) is 5.56 Å². The monoisotopic (exact) mass is 409 g/mol. The first-order valence-electron chi connectivity index (χ1n) is 5.78. The lowest BCUT2D eigenvalue weighted by Gasteiger charge is -2.19. The number of carbonyl (C=O) groups is 2. The van der Waals surface area contributed by atoms with Gasteiger partial charge < -0.3 is 0 Å². The molecule has 7 heteroatoms. The van der Waals surface area contributed by atoms with Crippen molar-refractivity contribution in [3.8, 4) is 0 Å². The molecule has 0 amide bonds. The molecule has 2 aromatic carbocycles. The molecule has 3 rings (SSSR count). The van der Waals surface area contributed by atoms with Crippen molar-refractivity contribution in [1.29, 1.82) is 0 Å². The Morgan fingerprint density at radius 2 is 1.43 bits per heavy atom. The van der Waals surface area contributed by atoms with Gasteiger partial charge in [-0.3, -0.25) is 19.7 Å². The summed E-state index contributed by atoms with van der Waals surface area (Å²) >= 11 is 6.49. The van der Waals surface area contributed by atoms with E-state index in [-0.39, 0.29) is 27.9 Å². The molecule has 0 aromatic heterocycles. The summed E-state index contributed by atoms with van der Waals surface area (Å²) < 4.78 is 0.916. The van der Waals surface area contributed by atoms with E-state index in [0.717, 1.165) is 0 Å². The van der Waals surface area contributed by atoms with Gasteiger partial charge in [-0.25, -0.2) is 0 Å². The van der Waals surface area contributed by atoms with Crippen LogP contribution in [-0.2, 0) is 0 Å². The zero-order chi connectivity index (χ0) is 15.3. The molecule has 0 atom stereocenters. The van der Waals surface area contributed by atoms with Gasteiger partial charge in [-0.2, -0.15) is 0 Å². The molecule has 0 unspecified atom stereocenters. The predicted molar refractivity (Wildman–Crippen MR) is 81.8 cm³/mol. The molecule has 0 saturated carbocycles. The number of nitrogens with zero attached hydrogens (tertiary/aromatic N) is 1. The number of ketones is 2.